The van der Waals surface area contributed by atoms with Crippen molar-refractivity contribution in [3.8, 4) is 0 Å². The number of hydrogen-bond donors (Lipinski definition) is 1. The molecule has 0 heterocycles. The maximum atomic E-state index is 13.5. The maximum absolute atomic E-state index is 13.5. The molecular formula is C13H16BrF2NO. The number of hydrogen-bond acceptors (Lipinski definition) is 1. The molecule has 0 saturated heterocycles. The van der Waals surface area contributed by atoms with Crippen molar-refractivity contribution in [1.82, 2.24) is 5.32 Å². The lowest BCUT2D eigenvalue weighted by molar-refractivity contribution is -0.121. The van der Waals surface area contributed by atoms with Gasteiger partial charge in [0.2, 0.25) is 5.91 Å². The van der Waals surface area contributed by atoms with Gasteiger partial charge in [0.05, 0.1) is 10.9 Å². The van der Waals surface area contributed by atoms with Crippen molar-refractivity contribution >= 4 is 21.8 Å². The van der Waals surface area contributed by atoms with Crippen LogP contribution in [0.15, 0.2) is 18.2 Å². The standard InChI is InChI=1S/C13H16BrF2NO/c1-7(2)12(14)13(18)17-8(3)10-5-4-9(15)6-11(10)16/h4-8,12H,1-3H3,(H,17,18)/t8-,12+/m0/s1. The average molecular weight is 320 g/mol. The molecule has 0 radical (unpaired) electrons. The smallest absolute Gasteiger partial charge is 0.234 e. The van der Waals surface area contributed by atoms with Gasteiger partial charge in [-0.2, -0.15) is 0 Å². The second-order valence-electron chi connectivity index (χ2n) is 4.54. The summed E-state index contributed by atoms with van der Waals surface area (Å²) in [5.41, 5.74) is 0.271. The molecule has 2 nitrogen and oxygen atoms in total. The Kier molecular flexibility index (Phi) is 5.26. The van der Waals surface area contributed by atoms with Gasteiger partial charge in [0.15, 0.2) is 0 Å². The summed E-state index contributed by atoms with van der Waals surface area (Å²) in [5.74, 6) is -1.36. The highest BCUT2D eigenvalue weighted by atomic mass is 79.9. The molecule has 1 aromatic carbocycles. The molecular weight excluding hydrogens is 304 g/mol. The molecule has 0 aliphatic carbocycles. The first kappa shape index (κ1) is 15.1. The molecule has 0 bridgehead atoms. The van der Waals surface area contributed by atoms with Gasteiger partial charge in [-0.3, -0.25) is 4.79 Å². The maximum Gasteiger partial charge on any atom is 0.234 e. The summed E-state index contributed by atoms with van der Waals surface area (Å²) >= 11 is 3.27. The summed E-state index contributed by atoms with van der Waals surface area (Å²) in [5, 5.41) is 2.69. The molecule has 0 aliphatic rings. The highest BCUT2D eigenvalue weighted by Crippen LogP contribution is 2.19. The lowest BCUT2D eigenvalue weighted by atomic mass is 10.1. The van der Waals surface area contributed by atoms with E-state index in [9.17, 15) is 13.6 Å². The highest BCUT2D eigenvalue weighted by molar-refractivity contribution is 9.10. The van der Waals surface area contributed by atoms with Crippen LogP contribution >= 0.6 is 15.9 Å². The summed E-state index contributed by atoms with van der Waals surface area (Å²) in [6, 6.07) is 2.83. The average Bonchev–Trinajstić information content (AvgIpc) is 2.27. The van der Waals surface area contributed by atoms with Gasteiger partial charge in [-0.1, -0.05) is 35.8 Å². The molecule has 0 spiro atoms. The van der Waals surface area contributed by atoms with Crippen LogP contribution in [-0.2, 0) is 4.79 Å². The molecule has 0 aliphatic heterocycles. The normalized spacial score (nSPS) is 14.4. The number of carbonyl (C=O) groups excluding carboxylic acids is 1. The van der Waals surface area contributed by atoms with E-state index in [0.717, 1.165) is 6.07 Å². The number of amides is 1. The molecule has 0 saturated carbocycles. The third kappa shape index (κ3) is 3.77. The number of rotatable bonds is 4. The largest absolute Gasteiger partial charge is 0.348 e. The predicted octanol–water partition coefficient (Wildman–Crippen LogP) is 3.56. The Morgan fingerprint density at radius 2 is 1.89 bits per heavy atom. The summed E-state index contributed by atoms with van der Waals surface area (Å²) in [6.07, 6.45) is 0. The molecule has 18 heavy (non-hydrogen) atoms. The van der Waals surface area contributed by atoms with Crippen LogP contribution in [0.5, 0.6) is 0 Å². The molecule has 1 aromatic rings. The minimum atomic E-state index is -0.654. The van der Waals surface area contributed by atoms with Crippen LogP contribution in [0.2, 0.25) is 0 Å². The zero-order chi connectivity index (χ0) is 13.9. The number of carbonyl (C=O) groups is 1. The van der Waals surface area contributed by atoms with Crippen molar-refractivity contribution in [3.05, 3.63) is 35.4 Å². The van der Waals surface area contributed by atoms with Crippen LogP contribution < -0.4 is 5.32 Å². The van der Waals surface area contributed by atoms with Gasteiger partial charge in [-0.25, -0.2) is 8.78 Å². The molecule has 1 N–H and O–H groups in total. The minimum absolute atomic E-state index is 0.135. The molecule has 5 heteroatoms. The van der Waals surface area contributed by atoms with Gasteiger partial charge < -0.3 is 5.32 Å². The Hall–Kier alpha value is -0.970. The second kappa shape index (κ2) is 6.27. The first-order valence-corrected chi connectivity index (χ1v) is 6.64. The quantitative estimate of drug-likeness (QED) is 0.845. The van der Waals surface area contributed by atoms with Crippen molar-refractivity contribution in [2.24, 2.45) is 5.92 Å². The van der Waals surface area contributed by atoms with Crippen LogP contribution in [0.3, 0.4) is 0 Å². The fourth-order valence-electron chi connectivity index (χ4n) is 1.53. The Bertz CT molecular complexity index is 437. The molecule has 1 amide bonds. The molecule has 1 rings (SSSR count). The van der Waals surface area contributed by atoms with Gasteiger partial charge in [0.1, 0.15) is 11.6 Å². The third-order valence-corrected chi connectivity index (χ3v) is 4.10. The van der Waals surface area contributed by atoms with Crippen LogP contribution in [0.1, 0.15) is 32.4 Å². The monoisotopic (exact) mass is 319 g/mol. The van der Waals surface area contributed by atoms with Crippen LogP contribution in [-0.4, -0.2) is 10.7 Å². The van der Waals surface area contributed by atoms with Crippen molar-refractivity contribution in [3.63, 3.8) is 0 Å². The van der Waals surface area contributed by atoms with Crippen molar-refractivity contribution < 1.29 is 13.6 Å². The SMILES string of the molecule is CC(C)[C@@H](Br)C(=O)N[C@@H](C)c1ccc(F)cc1F. The lowest BCUT2D eigenvalue weighted by Gasteiger charge is -2.19. The van der Waals surface area contributed by atoms with E-state index in [4.69, 9.17) is 0 Å². The first-order chi connectivity index (χ1) is 8.32. The van der Waals surface area contributed by atoms with Gasteiger partial charge >= 0.3 is 0 Å². The molecule has 0 fully saturated rings. The summed E-state index contributed by atoms with van der Waals surface area (Å²) < 4.78 is 26.3. The fourth-order valence-corrected chi connectivity index (χ4v) is 1.66. The fraction of sp³-hybridized carbons (Fsp3) is 0.462. The summed E-state index contributed by atoms with van der Waals surface area (Å²) in [4.78, 5) is 11.5. The first-order valence-electron chi connectivity index (χ1n) is 5.72. The zero-order valence-electron chi connectivity index (χ0n) is 10.5. The highest BCUT2D eigenvalue weighted by Gasteiger charge is 2.21. The Morgan fingerprint density at radius 1 is 1.28 bits per heavy atom. The van der Waals surface area contributed by atoms with E-state index in [-0.39, 0.29) is 22.2 Å². The molecule has 2 atom stereocenters. The Labute approximate surface area is 114 Å². The number of benzene rings is 1. The third-order valence-electron chi connectivity index (χ3n) is 2.62. The van der Waals surface area contributed by atoms with E-state index >= 15 is 0 Å². The Balaban J connectivity index is 2.76. The van der Waals surface area contributed by atoms with Gasteiger partial charge in [-0.05, 0) is 18.9 Å². The summed E-state index contributed by atoms with van der Waals surface area (Å²) in [7, 11) is 0. The van der Waals surface area contributed by atoms with Gasteiger partial charge in [-0.15, -0.1) is 0 Å². The number of halogens is 3. The van der Waals surface area contributed by atoms with Crippen molar-refractivity contribution in [2.45, 2.75) is 31.6 Å². The van der Waals surface area contributed by atoms with E-state index in [2.05, 4.69) is 21.2 Å². The molecule has 0 aromatic heterocycles. The van der Waals surface area contributed by atoms with E-state index in [1.54, 1.807) is 6.92 Å². The van der Waals surface area contributed by atoms with Crippen LogP contribution in [0, 0.1) is 17.6 Å². The minimum Gasteiger partial charge on any atom is -0.348 e. The van der Waals surface area contributed by atoms with Gasteiger partial charge in [0.25, 0.3) is 0 Å². The Morgan fingerprint density at radius 3 is 2.39 bits per heavy atom. The zero-order valence-corrected chi connectivity index (χ0v) is 12.1. The molecule has 100 valence electrons. The second-order valence-corrected chi connectivity index (χ2v) is 5.53. The van der Waals surface area contributed by atoms with E-state index in [0.29, 0.717) is 0 Å². The van der Waals surface area contributed by atoms with E-state index in [1.165, 1.54) is 12.1 Å². The number of alkyl halides is 1. The topological polar surface area (TPSA) is 29.1 Å². The van der Waals surface area contributed by atoms with Gasteiger partial charge in [0, 0.05) is 11.6 Å². The predicted molar refractivity (Wildman–Crippen MR) is 70.5 cm³/mol. The van der Waals surface area contributed by atoms with Crippen molar-refractivity contribution in [2.75, 3.05) is 0 Å². The lowest BCUT2D eigenvalue weighted by Crippen LogP contribution is -2.35. The number of nitrogens with one attached hydrogen (secondary N) is 1. The molecule has 0 unspecified atom stereocenters. The van der Waals surface area contributed by atoms with Crippen LogP contribution in [0.4, 0.5) is 8.78 Å². The van der Waals surface area contributed by atoms with Crippen molar-refractivity contribution in [1.29, 1.82) is 0 Å². The summed E-state index contributed by atoms with van der Waals surface area (Å²) in [6.45, 7) is 5.47. The van der Waals surface area contributed by atoms with Crippen LogP contribution in [0.25, 0.3) is 0 Å². The van der Waals surface area contributed by atoms with E-state index < -0.39 is 17.7 Å². The van der Waals surface area contributed by atoms with E-state index in [1.807, 2.05) is 13.8 Å².